The Balaban J connectivity index is 1.88. The molecule has 13 nitrogen and oxygen atoms in total. The first-order valence-corrected chi connectivity index (χ1v) is 17.2. The molecule has 0 spiro atoms. The number of aliphatic hydroxyl groups excluding tert-OH is 1. The van der Waals surface area contributed by atoms with Gasteiger partial charge in [0.1, 0.15) is 17.7 Å². The summed E-state index contributed by atoms with van der Waals surface area (Å²) in [6, 6.07) is 6.71. The molecule has 0 unspecified atom stereocenters. The number of aromatic nitrogens is 1. The van der Waals surface area contributed by atoms with Crippen LogP contribution in [0.4, 0.5) is 9.59 Å². The third-order valence-electron chi connectivity index (χ3n) is 7.75. The maximum atomic E-state index is 13.9. The Morgan fingerprint density at radius 2 is 1.75 bits per heavy atom. The topological polar surface area (TPSA) is 165 Å². The molecule has 0 bridgehead atoms. The van der Waals surface area contributed by atoms with Gasteiger partial charge in [-0.1, -0.05) is 44.2 Å². The predicted molar refractivity (Wildman–Crippen MR) is 183 cm³/mol. The zero-order valence-corrected chi connectivity index (χ0v) is 30.1. The molecule has 1 saturated heterocycles. The molecular formula is C34H52N6O7S. The number of carboxylic acid groups (broad SMARTS) is 1. The summed E-state index contributed by atoms with van der Waals surface area (Å²) in [7, 11) is 0. The average molecular weight is 689 g/mol. The SMILES string of the molecule is CC(C)[C@@H](C(=O)N[C@@H](Cc1ccccc1)[C@@H](O)CN1CCN(C(=O)OC(C)(C)C)C[C@H]1C(=O)NC(C)(C)C)N(Cc1cncs1)C(=O)O. The van der Waals surface area contributed by atoms with Gasteiger partial charge in [-0.3, -0.25) is 24.4 Å². The van der Waals surface area contributed by atoms with Gasteiger partial charge in [0.15, 0.2) is 0 Å². The van der Waals surface area contributed by atoms with Crippen molar-refractivity contribution in [1.29, 1.82) is 0 Å². The fourth-order valence-electron chi connectivity index (χ4n) is 5.60. The highest BCUT2D eigenvalue weighted by Crippen LogP contribution is 2.21. The van der Waals surface area contributed by atoms with Gasteiger partial charge in [0, 0.05) is 42.8 Å². The van der Waals surface area contributed by atoms with Crippen LogP contribution in [0.3, 0.4) is 0 Å². The molecule has 1 fully saturated rings. The van der Waals surface area contributed by atoms with Crippen LogP contribution in [0.25, 0.3) is 0 Å². The number of aliphatic hydroxyl groups is 1. The lowest BCUT2D eigenvalue weighted by molar-refractivity contribution is -0.132. The van der Waals surface area contributed by atoms with Crippen LogP contribution in [-0.4, -0.2) is 115 Å². The fraction of sp³-hybridized carbons (Fsp3) is 0.618. The second-order valence-corrected chi connectivity index (χ2v) is 15.6. The number of carbonyl (C=O) groups excluding carboxylic acids is 3. The molecular weight excluding hydrogens is 636 g/mol. The van der Waals surface area contributed by atoms with Crippen LogP contribution >= 0.6 is 11.3 Å². The van der Waals surface area contributed by atoms with Crippen LogP contribution in [0.2, 0.25) is 0 Å². The number of carbonyl (C=O) groups is 4. The lowest BCUT2D eigenvalue weighted by atomic mass is 9.97. The number of β-amino-alcohol motifs (C(OH)–C–C–N with tert-alkyl or cyclic N) is 1. The van der Waals surface area contributed by atoms with Gasteiger partial charge >= 0.3 is 12.2 Å². The molecule has 48 heavy (non-hydrogen) atoms. The summed E-state index contributed by atoms with van der Waals surface area (Å²) in [5.74, 6) is -1.21. The third kappa shape index (κ3) is 11.7. The highest BCUT2D eigenvalue weighted by atomic mass is 32.1. The van der Waals surface area contributed by atoms with E-state index in [0.29, 0.717) is 4.88 Å². The molecule has 0 aliphatic carbocycles. The molecule has 2 heterocycles. The van der Waals surface area contributed by atoms with Crippen molar-refractivity contribution in [2.24, 2.45) is 5.92 Å². The van der Waals surface area contributed by atoms with Crippen molar-refractivity contribution in [1.82, 2.24) is 30.3 Å². The van der Waals surface area contributed by atoms with E-state index in [0.717, 1.165) is 10.5 Å². The minimum atomic E-state index is -1.24. The van der Waals surface area contributed by atoms with E-state index in [2.05, 4.69) is 15.6 Å². The van der Waals surface area contributed by atoms with Crippen molar-refractivity contribution in [3.63, 3.8) is 0 Å². The molecule has 3 rings (SSSR count). The summed E-state index contributed by atoms with van der Waals surface area (Å²) in [6.45, 7) is 15.1. The normalized spacial score (nSPS) is 17.7. The molecule has 0 radical (unpaired) electrons. The van der Waals surface area contributed by atoms with Gasteiger partial charge in [-0.2, -0.15) is 0 Å². The lowest BCUT2D eigenvalue weighted by Gasteiger charge is -2.43. The van der Waals surface area contributed by atoms with Crippen molar-refractivity contribution in [3.05, 3.63) is 52.5 Å². The molecule has 1 aromatic heterocycles. The first-order valence-electron chi connectivity index (χ1n) is 16.3. The number of rotatable bonds is 12. The van der Waals surface area contributed by atoms with Crippen LogP contribution in [0.5, 0.6) is 0 Å². The fourth-order valence-corrected chi connectivity index (χ4v) is 6.19. The summed E-state index contributed by atoms with van der Waals surface area (Å²) < 4.78 is 5.57. The minimum Gasteiger partial charge on any atom is -0.465 e. The second-order valence-electron chi connectivity index (χ2n) is 14.6. The molecule has 1 aromatic carbocycles. The van der Waals surface area contributed by atoms with E-state index >= 15 is 0 Å². The molecule has 14 heteroatoms. The number of nitrogens with one attached hydrogen (secondary N) is 2. The van der Waals surface area contributed by atoms with E-state index in [-0.39, 0.29) is 51.0 Å². The van der Waals surface area contributed by atoms with Crippen molar-refractivity contribution in [2.75, 3.05) is 26.2 Å². The number of piperazine rings is 1. The minimum absolute atomic E-state index is 0.00529. The number of hydrogen-bond acceptors (Lipinski definition) is 9. The van der Waals surface area contributed by atoms with E-state index in [9.17, 15) is 29.4 Å². The van der Waals surface area contributed by atoms with Crippen molar-refractivity contribution >= 4 is 35.3 Å². The molecule has 4 N–H and O–H groups in total. The number of amides is 4. The van der Waals surface area contributed by atoms with E-state index < -0.39 is 53.5 Å². The molecule has 4 atom stereocenters. The standard InChI is InChI=1S/C34H52N6O7S/c1-22(2)28(40(31(44)45)18-24-17-35-21-48-24)30(43)36-25(16-23-12-10-9-11-13-23)27(41)20-38-14-15-39(32(46)47-34(6,7)8)19-26(38)29(42)37-33(3,4)5/h9-13,17,21-22,25-28,41H,14-16,18-20H2,1-8H3,(H,36,43)(H,37,42)(H,44,45)/t25-,26-,27-,28-/m0/s1. The van der Waals surface area contributed by atoms with Crippen LogP contribution in [0.1, 0.15) is 65.8 Å². The molecule has 1 aliphatic rings. The van der Waals surface area contributed by atoms with Gasteiger partial charge in [0.2, 0.25) is 11.8 Å². The molecule has 4 amide bonds. The monoisotopic (exact) mass is 688 g/mol. The maximum Gasteiger partial charge on any atom is 0.410 e. The van der Waals surface area contributed by atoms with E-state index in [4.69, 9.17) is 4.74 Å². The quantitative estimate of drug-likeness (QED) is 0.261. The first kappa shape index (κ1) is 38.7. The number of hydrogen-bond donors (Lipinski definition) is 4. The number of ether oxygens (including phenoxy) is 1. The van der Waals surface area contributed by atoms with Gasteiger partial charge in [0.05, 0.1) is 24.2 Å². The van der Waals surface area contributed by atoms with Crippen molar-refractivity contribution < 1.29 is 34.1 Å². The van der Waals surface area contributed by atoms with E-state index in [1.54, 1.807) is 46.3 Å². The van der Waals surface area contributed by atoms with Gasteiger partial charge in [-0.15, -0.1) is 11.3 Å². The zero-order valence-electron chi connectivity index (χ0n) is 29.3. The first-order chi connectivity index (χ1) is 22.3. The number of benzene rings is 1. The molecule has 1 aliphatic heterocycles. The average Bonchev–Trinajstić information content (AvgIpc) is 3.48. The zero-order chi connectivity index (χ0) is 35.8. The lowest BCUT2D eigenvalue weighted by Crippen LogP contribution is -2.64. The molecule has 266 valence electrons. The van der Waals surface area contributed by atoms with E-state index in [1.807, 2.05) is 56.0 Å². The van der Waals surface area contributed by atoms with Crippen LogP contribution < -0.4 is 10.6 Å². The van der Waals surface area contributed by atoms with Crippen LogP contribution in [-0.2, 0) is 27.3 Å². The molecule has 0 saturated carbocycles. The van der Waals surface area contributed by atoms with Crippen molar-refractivity contribution in [2.45, 2.75) is 104 Å². The molecule has 2 aromatic rings. The predicted octanol–water partition coefficient (Wildman–Crippen LogP) is 3.57. The van der Waals surface area contributed by atoms with Crippen LogP contribution in [0.15, 0.2) is 42.0 Å². The summed E-state index contributed by atoms with van der Waals surface area (Å²) in [5, 5.41) is 27.9. The Morgan fingerprint density at radius 1 is 1.08 bits per heavy atom. The number of nitrogens with zero attached hydrogens (tertiary/aromatic N) is 4. The van der Waals surface area contributed by atoms with Gasteiger partial charge in [-0.25, -0.2) is 9.59 Å². The Labute approximate surface area is 287 Å². The Bertz CT molecular complexity index is 1360. The largest absolute Gasteiger partial charge is 0.465 e. The highest BCUT2D eigenvalue weighted by Gasteiger charge is 2.40. The summed E-state index contributed by atoms with van der Waals surface area (Å²) in [5.41, 5.74) is 1.22. The van der Waals surface area contributed by atoms with Gasteiger partial charge < -0.3 is 30.5 Å². The van der Waals surface area contributed by atoms with E-state index in [1.165, 1.54) is 16.2 Å². The summed E-state index contributed by atoms with van der Waals surface area (Å²) >= 11 is 1.30. The Hall–Kier alpha value is -3.75. The smallest absolute Gasteiger partial charge is 0.410 e. The van der Waals surface area contributed by atoms with Gasteiger partial charge in [0.25, 0.3) is 0 Å². The maximum absolute atomic E-state index is 13.9. The Kier molecular flexibility index (Phi) is 13.4. The van der Waals surface area contributed by atoms with Crippen LogP contribution in [0, 0.1) is 5.92 Å². The second kappa shape index (κ2) is 16.6. The van der Waals surface area contributed by atoms with Crippen molar-refractivity contribution in [3.8, 4) is 0 Å². The summed E-state index contributed by atoms with van der Waals surface area (Å²) in [6.07, 6.45) is -1.08. The highest BCUT2D eigenvalue weighted by molar-refractivity contribution is 7.09. The summed E-state index contributed by atoms with van der Waals surface area (Å²) in [4.78, 5) is 62.0. The number of thiazole rings is 1. The van der Waals surface area contributed by atoms with Gasteiger partial charge in [-0.05, 0) is 59.4 Å². The Morgan fingerprint density at radius 3 is 2.29 bits per heavy atom. The third-order valence-corrected chi connectivity index (χ3v) is 8.51.